The first kappa shape index (κ1) is 26.3. The zero-order chi connectivity index (χ0) is 20.4. The van der Waals surface area contributed by atoms with Crippen molar-refractivity contribution < 1.29 is 19.4 Å². The van der Waals surface area contributed by atoms with Crippen LogP contribution in [0.5, 0.6) is 0 Å². The molecule has 0 radical (unpaired) electrons. The molecule has 1 N–H and O–H groups in total. The van der Waals surface area contributed by atoms with Crippen LogP contribution in [0.1, 0.15) is 72.1 Å². The Morgan fingerprint density at radius 2 is 1.33 bits per heavy atom. The standard InChI is InChI=1S/C20H42O4Si3/c1-4-7-15-25-20(26-16-8-5-2,27-17-9-6-3)13-10-14-24-19(23)12-11-18(21)22/h11-12H,4-10,13-17,25-27H2,1-3H3,(H,21,22)/b12-11+. The largest absolute Gasteiger partial charge is 0.478 e. The van der Waals surface area contributed by atoms with Gasteiger partial charge in [-0.3, -0.25) is 0 Å². The summed E-state index contributed by atoms with van der Waals surface area (Å²) in [5.74, 6) is -1.64. The van der Waals surface area contributed by atoms with Gasteiger partial charge in [0.05, 0.1) is 6.61 Å². The lowest BCUT2D eigenvalue weighted by molar-refractivity contribution is -0.138. The molecule has 0 unspecified atom stereocenters. The smallest absolute Gasteiger partial charge is 0.331 e. The number of carboxylic acids is 1. The highest BCUT2D eigenvalue weighted by Gasteiger charge is 2.29. The third-order valence-corrected chi connectivity index (χ3v) is 18.6. The molecule has 0 aliphatic heterocycles. The number of carbonyl (C=O) groups excluding carboxylic acids is 1. The van der Waals surface area contributed by atoms with E-state index >= 15 is 0 Å². The van der Waals surface area contributed by atoms with Crippen LogP contribution in [-0.4, -0.2) is 52.2 Å². The van der Waals surface area contributed by atoms with E-state index in [2.05, 4.69) is 20.8 Å². The van der Waals surface area contributed by atoms with Gasteiger partial charge in [0.2, 0.25) is 0 Å². The Hall–Kier alpha value is -0.669. The highest BCUT2D eigenvalue weighted by atomic mass is 28.3. The average molecular weight is 431 g/mol. The molecule has 0 bridgehead atoms. The molecule has 0 aliphatic rings. The maximum Gasteiger partial charge on any atom is 0.331 e. The Morgan fingerprint density at radius 1 is 0.852 bits per heavy atom. The molecule has 0 atom stereocenters. The Balaban J connectivity index is 4.68. The van der Waals surface area contributed by atoms with E-state index < -0.39 is 11.9 Å². The van der Waals surface area contributed by atoms with E-state index in [0.717, 1.165) is 22.9 Å². The summed E-state index contributed by atoms with van der Waals surface area (Å²) in [5.41, 5.74) is 0. The second kappa shape index (κ2) is 17.4. The van der Waals surface area contributed by atoms with E-state index in [0.29, 0.717) is 6.61 Å². The molecular weight excluding hydrogens is 388 g/mol. The fraction of sp³-hybridized carbons (Fsp3) is 0.800. The van der Waals surface area contributed by atoms with Crippen LogP contribution in [0.25, 0.3) is 0 Å². The van der Waals surface area contributed by atoms with Crippen molar-refractivity contribution in [1.82, 2.24) is 0 Å². The molecule has 0 aromatic rings. The minimum Gasteiger partial charge on any atom is -0.478 e. The number of aliphatic carboxylic acids is 1. The van der Waals surface area contributed by atoms with Crippen molar-refractivity contribution in [2.45, 2.75) is 94.6 Å². The van der Waals surface area contributed by atoms with Crippen LogP contribution in [-0.2, 0) is 14.3 Å². The van der Waals surface area contributed by atoms with Gasteiger partial charge < -0.3 is 9.84 Å². The zero-order valence-corrected chi connectivity index (χ0v) is 22.2. The normalized spacial score (nSPS) is 14.9. The summed E-state index contributed by atoms with van der Waals surface area (Å²) in [6.45, 7) is 7.33. The van der Waals surface area contributed by atoms with Gasteiger partial charge in [0.1, 0.15) is 0 Å². The Kier molecular flexibility index (Phi) is 17.0. The lowest BCUT2D eigenvalue weighted by Crippen LogP contribution is -2.34. The van der Waals surface area contributed by atoms with E-state index in [4.69, 9.17) is 9.84 Å². The molecule has 0 saturated carbocycles. The van der Waals surface area contributed by atoms with Crippen molar-refractivity contribution in [3.63, 3.8) is 0 Å². The highest BCUT2D eigenvalue weighted by Crippen LogP contribution is 2.33. The molecule has 4 nitrogen and oxygen atoms in total. The van der Waals surface area contributed by atoms with Crippen molar-refractivity contribution in [1.29, 1.82) is 0 Å². The third-order valence-electron chi connectivity index (χ3n) is 5.39. The van der Waals surface area contributed by atoms with E-state index in [1.807, 2.05) is 0 Å². The first-order valence-corrected chi connectivity index (χ1v) is 16.2. The molecule has 0 aromatic heterocycles. The molecule has 0 heterocycles. The summed E-state index contributed by atoms with van der Waals surface area (Å²) in [6, 6.07) is 4.49. The fourth-order valence-corrected chi connectivity index (χ4v) is 17.3. The summed E-state index contributed by atoms with van der Waals surface area (Å²) in [4.78, 5) is 22.0. The maximum absolute atomic E-state index is 11.6. The number of carbonyl (C=O) groups is 2. The van der Waals surface area contributed by atoms with Crippen LogP contribution in [0, 0.1) is 0 Å². The number of rotatable bonds is 18. The van der Waals surface area contributed by atoms with Crippen LogP contribution in [0.4, 0.5) is 0 Å². The lowest BCUT2D eigenvalue weighted by atomic mass is 10.3. The number of hydrogen-bond acceptors (Lipinski definition) is 3. The lowest BCUT2D eigenvalue weighted by Gasteiger charge is -2.34. The van der Waals surface area contributed by atoms with Gasteiger partial charge in [0.15, 0.2) is 0 Å². The number of unbranched alkanes of at least 4 members (excludes halogenated alkanes) is 3. The molecule has 0 aromatic carbocycles. The molecule has 27 heavy (non-hydrogen) atoms. The van der Waals surface area contributed by atoms with E-state index in [1.54, 1.807) is 0 Å². The van der Waals surface area contributed by atoms with Gasteiger partial charge >= 0.3 is 11.9 Å². The van der Waals surface area contributed by atoms with Crippen LogP contribution in [0.15, 0.2) is 12.2 Å². The van der Waals surface area contributed by atoms with E-state index in [1.165, 1.54) is 63.1 Å². The second-order valence-electron chi connectivity index (χ2n) is 7.81. The molecular formula is C20H42O4Si3. The molecule has 158 valence electrons. The molecule has 7 heteroatoms. The van der Waals surface area contributed by atoms with Crippen LogP contribution in [0.2, 0.25) is 22.4 Å². The van der Waals surface area contributed by atoms with Gasteiger partial charge in [0, 0.05) is 40.7 Å². The fourth-order valence-electron chi connectivity index (χ4n) is 3.81. The zero-order valence-electron chi connectivity index (χ0n) is 17.9. The van der Waals surface area contributed by atoms with Crippen LogP contribution in [0.3, 0.4) is 0 Å². The van der Waals surface area contributed by atoms with Crippen LogP contribution < -0.4 is 0 Å². The van der Waals surface area contributed by atoms with Crippen molar-refractivity contribution in [2.24, 2.45) is 0 Å². The molecule has 0 rings (SSSR count). The van der Waals surface area contributed by atoms with E-state index in [9.17, 15) is 9.59 Å². The van der Waals surface area contributed by atoms with Crippen molar-refractivity contribution in [2.75, 3.05) is 6.61 Å². The molecule has 0 spiro atoms. The highest BCUT2D eigenvalue weighted by molar-refractivity contribution is 6.80. The molecule has 0 aliphatic carbocycles. The number of carboxylic acid groups (broad SMARTS) is 1. The second-order valence-corrected chi connectivity index (χ2v) is 18.9. The Bertz CT molecular complexity index is 401. The van der Waals surface area contributed by atoms with Gasteiger partial charge in [-0.1, -0.05) is 88.1 Å². The number of hydrogen-bond donors (Lipinski definition) is 1. The Morgan fingerprint density at radius 3 is 1.74 bits per heavy atom. The summed E-state index contributed by atoms with van der Waals surface area (Å²) in [7, 11) is -0.0748. The monoisotopic (exact) mass is 430 g/mol. The minimum absolute atomic E-state index is 0.0249. The van der Waals surface area contributed by atoms with Gasteiger partial charge in [0.25, 0.3) is 0 Å². The predicted octanol–water partition coefficient (Wildman–Crippen LogP) is 3.19. The first-order chi connectivity index (χ1) is 13.0. The SMILES string of the molecule is CCCC[SiH2]C(CCCOC(=O)/C=C/C(=O)O)([SiH2]CCCC)[SiH2]CCCC. The summed E-state index contributed by atoms with van der Waals surface area (Å²) in [6.07, 6.45) is 12.2. The quantitative estimate of drug-likeness (QED) is 0.157. The number of ether oxygens (including phenoxy) is 1. The van der Waals surface area contributed by atoms with Gasteiger partial charge in [-0.05, 0) is 6.42 Å². The molecule has 0 amide bonds. The Labute approximate surface area is 173 Å². The van der Waals surface area contributed by atoms with E-state index in [-0.39, 0.29) is 28.6 Å². The first-order valence-electron chi connectivity index (χ1n) is 11.1. The molecule has 0 fully saturated rings. The van der Waals surface area contributed by atoms with Gasteiger partial charge in [-0.15, -0.1) is 0 Å². The van der Waals surface area contributed by atoms with Crippen molar-refractivity contribution in [3.05, 3.63) is 12.2 Å². The van der Waals surface area contributed by atoms with Crippen LogP contribution >= 0.6 is 0 Å². The third kappa shape index (κ3) is 15.0. The minimum atomic E-state index is -1.11. The molecule has 0 saturated heterocycles. The summed E-state index contributed by atoms with van der Waals surface area (Å²) in [5, 5.41) is 8.57. The number of esters is 1. The predicted molar refractivity (Wildman–Crippen MR) is 124 cm³/mol. The summed E-state index contributed by atoms with van der Waals surface area (Å²) < 4.78 is 6.02. The average Bonchev–Trinajstić information content (AvgIpc) is 2.64. The van der Waals surface area contributed by atoms with Gasteiger partial charge in [-0.2, -0.15) is 0 Å². The van der Waals surface area contributed by atoms with Crippen molar-refractivity contribution in [3.8, 4) is 0 Å². The van der Waals surface area contributed by atoms with Gasteiger partial charge in [-0.25, -0.2) is 9.59 Å². The summed E-state index contributed by atoms with van der Waals surface area (Å²) >= 11 is 0. The maximum atomic E-state index is 11.6. The topological polar surface area (TPSA) is 63.6 Å². The van der Waals surface area contributed by atoms with Crippen molar-refractivity contribution >= 4 is 40.5 Å².